The Bertz CT molecular complexity index is 664. The average Bonchev–Trinajstić information content (AvgIpc) is 2.77. The van der Waals surface area contributed by atoms with E-state index in [2.05, 4.69) is 20.8 Å². The van der Waals surface area contributed by atoms with E-state index in [1.54, 1.807) is 6.92 Å². The van der Waals surface area contributed by atoms with E-state index >= 15 is 0 Å². The Labute approximate surface area is 151 Å². The van der Waals surface area contributed by atoms with Gasteiger partial charge in [0, 0.05) is 11.8 Å². The van der Waals surface area contributed by atoms with Gasteiger partial charge in [0.2, 0.25) is 0 Å². The first-order chi connectivity index (χ1) is 11.6. The van der Waals surface area contributed by atoms with Gasteiger partial charge in [-0.15, -0.1) is 0 Å². The van der Waals surface area contributed by atoms with Gasteiger partial charge < -0.3 is 5.11 Å². The SMILES string of the molecule is CC(=O)[C@@]1(O)[C@H](C)C[C@H]2[C@@H]3CCC4=CC(=O)CC[C@]4(C)[C@H]3CC[C@@]21C. The first-order valence-electron chi connectivity index (χ1n) is 10.1. The van der Waals surface area contributed by atoms with Crippen LogP contribution in [-0.4, -0.2) is 22.3 Å². The number of carbonyl (C=O) groups is 2. The van der Waals surface area contributed by atoms with Crippen molar-refractivity contribution < 1.29 is 14.7 Å². The Morgan fingerprint density at radius 1 is 1.16 bits per heavy atom. The molecule has 1 N–H and O–H groups in total. The van der Waals surface area contributed by atoms with Crippen molar-refractivity contribution in [3.05, 3.63) is 11.6 Å². The summed E-state index contributed by atoms with van der Waals surface area (Å²) in [7, 11) is 0. The summed E-state index contributed by atoms with van der Waals surface area (Å²) in [6.45, 7) is 8.19. The highest BCUT2D eigenvalue weighted by Crippen LogP contribution is 2.68. The smallest absolute Gasteiger partial charge is 0.162 e. The molecule has 0 amide bonds. The predicted octanol–water partition coefficient (Wildman–Crippen LogP) is 4.08. The largest absolute Gasteiger partial charge is 0.381 e. The molecule has 0 bridgehead atoms. The van der Waals surface area contributed by atoms with Crippen LogP contribution in [0.1, 0.15) is 72.6 Å². The molecule has 4 aliphatic rings. The number of Topliss-reactive ketones (excluding diaryl/α,β-unsaturated/α-hetero) is 1. The molecule has 0 spiro atoms. The van der Waals surface area contributed by atoms with Crippen molar-refractivity contribution in [1.29, 1.82) is 0 Å². The molecule has 4 aliphatic carbocycles. The summed E-state index contributed by atoms with van der Waals surface area (Å²) in [6.07, 6.45) is 8.69. The normalized spacial score (nSPS) is 52.0. The second-order valence-corrected chi connectivity index (χ2v) is 9.88. The molecule has 4 rings (SSSR count). The molecular formula is C22H32O3. The highest BCUT2D eigenvalue weighted by molar-refractivity contribution is 5.91. The van der Waals surface area contributed by atoms with Gasteiger partial charge in [-0.25, -0.2) is 0 Å². The van der Waals surface area contributed by atoms with Crippen LogP contribution in [0, 0.1) is 34.5 Å². The van der Waals surface area contributed by atoms with Crippen LogP contribution in [-0.2, 0) is 9.59 Å². The van der Waals surface area contributed by atoms with Gasteiger partial charge in [-0.3, -0.25) is 9.59 Å². The Hall–Kier alpha value is -0.960. The van der Waals surface area contributed by atoms with Crippen molar-refractivity contribution in [2.45, 2.75) is 78.2 Å². The molecule has 25 heavy (non-hydrogen) atoms. The van der Waals surface area contributed by atoms with Crippen molar-refractivity contribution >= 4 is 11.6 Å². The minimum atomic E-state index is -1.16. The number of fused-ring (bicyclic) bond motifs is 5. The van der Waals surface area contributed by atoms with E-state index in [9.17, 15) is 14.7 Å². The summed E-state index contributed by atoms with van der Waals surface area (Å²) in [5.41, 5.74) is 0.0728. The summed E-state index contributed by atoms with van der Waals surface area (Å²) in [5, 5.41) is 11.4. The molecular weight excluding hydrogens is 312 g/mol. The topological polar surface area (TPSA) is 54.4 Å². The van der Waals surface area contributed by atoms with Gasteiger partial charge in [-0.05, 0) is 80.6 Å². The molecule has 3 fully saturated rings. The number of ketones is 2. The highest BCUT2D eigenvalue weighted by Gasteiger charge is 2.67. The average molecular weight is 344 g/mol. The maximum absolute atomic E-state index is 12.4. The number of rotatable bonds is 1. The van der Waals surface area contributed by atoms with Crippen LogP contribution in [0.25, 0.3) is 0 Å². The standard InChI is InChI=1S/C22H32O3/c1-13-11-19-17-6-5-15-12-16(24)7-9-20(15,3)18(17)8-10-21(19,4)22(13,25)14(2)23/h12-13,17-19,25H,5-11H2,1-4H3/t13-,17-,18+,19+,20+,21+,22+/m1/s1. The molecule has 3 saturated carbocycles. The number of carbonyl (C=O) groups excluding carboxylic acids is 2. The molecule has 3 heteroatoms. The maximum atomic E-state index is 12.4. The number of allylic oxidation sites excluding steroid dienone is 1. The van der Waals surface area contributed by atoms with Gasteiger partial charge in [0.1, 0.15) is 5.60 Å². The predicted molar refractivity (Wildman–Crippen MR) is 96.9 cm³/mol. The van der Waals surface area contributed by atoms with Crippen molar-refractivity contribution in [2.75, 3.05) is 0 Å². The van der Waals surface area contributed by atoms with Crippen LogP contribution < -0.4 is 0 Å². The molecule has 0 aromatic rings. The van der Waals surface area contributed by atoms with Gasteiger partial charge >= 0.3 is 0 Å². The van der Waals surface area contributed by atoms with Crippen molar-refractivity contribution in [1.82, 2.24) is 0 Å². The zero-order valence-electron chi connectivity index (χ0n) is 16.1. The minimum Gasteiger partial charge on any atom is -0.381 e. The molecule has 0 radical (unpaired) electrons. The quantitative estimate of drug-likeness (QED) is 0.779. The molecule has 0 saturated heterocycles. The number of hydrogen-bond donors (Lipinski definition) is 1. The van der Waals surface area contributed by atoms with Gasteiger partial charge in [-0.1, -0.05) is 26.3 Å². The highest BCUT2D eigenvalue weighted by atomic mass is 16.3. The molecule has 0 aliphatic heterocycles. The second-order valence-electron chi connectivity index (χ2n) is 9.88. The van der Waals surface area contributed by atoms with E-state index in [0.29, 0.717) is 30.0 Å². The fourth-order valence-corrected chi connectivity index (χ4v) is 7.65. The van der Waals surface area contributed by atoms with Crippen molar-refractivity contribution in [2.24, 2.45) is 34.5 Å². The van der Waals surface area contributed by atoms with Gasteiger partial charge in [-0.2, -0.15) is 0 Å². The van der Waals surface area contributed by atoms with Crippen LogP contribution in [0.5, 0.6) is 0 Å². The number of hydrogen-bond acceptors (Lipinski definition) is 3. The lowest BCUT2D eigenvalue weighted by Crippen LogP contribution is -2.58. The Morgan fingerprint density at radius 3 is 2.56 bits per heavy atom. The van der Waals surface area contributed by atoms with Crippen molar-refractivity contribution in [3.8, 4) is 0 Å². The van der Waals surface area contributed by atoms with E-state index < -0.39 is 5.60 Å². The molecule has 0 unspecified atom stereocenters. The first kappa shape index (κ1) is 17.5. The molecule has 3 nitrogen and oxygen atoms in total. The second kappa shape index (κ2) is 5.28. The molecule has 7 atom stereocenters. The van der Waals surface area contributed by atoms with Crippen LogP contribution in [0.2, 0.25) is 0 Å². The van der Waals surface area contributed by atoms with Gasteiger partial charge in [0.15, 0.2) is 11.6 Å². The fourth-order valence-electron chi connectivity index (χ4n) is 7.65. The molecule has 138 valence electrons. The zero-order chi connectivity index (χ0) is 18.2. The van der Waals surface area contributed by atoms with Crippen LogP contribution >= 0.6 is 0 Å². The van der Waals surface area contributed by atoms with E-state index in [1.807, 2.05) is 6.08 Å². The van der Waals surface area contributed by atoms with E-state index in [0.717, 1.165) is 38.5 Å². The molecule has 0 aromatic carbocycles. The van der Waals surface area contributed by atoms with Crippen LogP contribution in [0.15, 0.2) is 11.6 Å². The van der Waals surface area contributed by atoms with Crippen LogP contribution in [0.4, 0.5) is 0 Å². The monoisotopic (exact) mass is 344 g/mol. The third kappa shape index (κ3) is 2.02. The van der Waals surface area contributed by atoms with E-state index in [4.69, 9.17) is 0 Å². The van der Waals surface area contributed by atoms with Gasteiger partial charge in [0.05, 0.1) is 0 Å². The summed E-state index contributed by atoms with van der Waals surface area (Å²) >= 11 is 0. The number of aliphatic hydroxyl groups is 1. The summed E-state index contributed by atoms with van der Waals surface area (Å²) in [4.78, 5) is 24.3. The van der Waals surface area contributed by atoms with E-state index in [1.165, 1.54) is 5.57 Å². The van der Waals surface area contributed by atoms with Gasteiger partial charge in [0.25, 0.3) is 0 Å². The lowest BCUT2D eigenvalue weighted by molar-refractivity contribution is -0.165. The third-order valence-corrected chi connectivity index (χ3v) is 9.08. The minimum absolute atomic E-state index is 0.0384. The third-order valence-electron chi connectivity index (χ3n) is 9.08. The Kier molecular flexibility index (Phi) is 3.69. The summed E-state index contributed by atoms with van der Waals surface area (Å²) in [6, 6.07) is 0. The maximum Gasteiger partial charge on any atom is 0.162 e. The first-order valence-corrected chi connectivity index (χ1v) is 10.1. The summed E-state index contributed by atoms with van der Waals surface area (Å²) in [5.74, 6) is 1.88. The Balaban J connectivity index is 1.72. The van der Waals surface area contributed by atoms with Crippen molar-refractivity contribution in [3.63, 3.8) is 0 Å². The molecule has 0 heterocycles. The van der Waals surface area contributed by atoms with Crippen LogP contribution in [0.3, 0.4) is 0 Å². The van der Waals surface area contributed by atoms with E-state index in [-0.39, 0.29) is 22.5 Å². The molecule has 0 aromatic heterocycles. The Morgan fingerprint density at radius 2 is 1.88 bits per heavy atom. The lowest BCUT2D eigenvalue weighted by Gasteiger charge is -2.58. The summed E-state index contributed by atoms with van der Waals surface area (Å²) < 4.78 is 0. The fraction of sp³-hybridized carbons (Fsp3) is 0.818. The lowest BCUT2D eigenvalue weighted by atomic mass is 9.46. The zero-order valence-corrected chi connectivity index (χ0v) is 16.1.